The summed E-state index contributed by atoms with van der Waals surface area (Å²) in [5.41, 5.74) is -2.35. The number of piperazine rings is 1. The Labute approximate surface area is 220 Å². The smallest absolute Gasteiger partial charge is 0.335 e. The molecular weight excluding hydrogens is 524 g/mol. The van der Waals surface area contributed by atoms with Gasteiger partial charge in [-0.25, -0.2) is 0 Å². The lowest BCUT2D eigenvalue weighted by Gasteiger charge is -2.41. The largest absolute Gasteiger partial charge is 0.416 e. The highest BCUT2D eigenvalue weighted by Gasteiger charge is 2.39. The van der Waals surface area contributed by atoms with Crippen LogP contribution in [0.4, 0.5) is 26.3 Å². The number of aromatic nitrogens is 1. The summed E-state index contributed by atoms with van der Waals surface area (Å²) in [5.74, 6) is -1.31. The molecule has 1 saturated heterocycles. The topological polar surface area (TPSA) is 53.5 Å². The minimum Gasteiger partial charge on any atom is -0.335 e. The van der Waals surface area contributed by atoms with Gasteiger partial charge in [0.15, 0.2) is 0 Å². The molecule has 0 bridgehead atoms. The van der Waals surface area contributed by atoms with E-state index in [-0.39, 0.29) is 38.0 Å². The minimum absolute atomic E-state index is 0.0105. The van der Waals surface area contributed by atoms with Crippen LogP contribution >= 0.6 is 0 Å². The van der Waals surface area contributed by atoms with E-state index < -0.39 is 41.0 Å². The van der Waals surface area contributed by atoms with Crippen molar-refractivity contribution < 1.29 is 35.9 Å². The Morgan fingerprint density at radius 2 is 1.56 bits per heavy atom. The molecule has 1 fully saturated rings. The van der Waals surface area contributed by atoms with Crippen LogP contribution in [0.15, 0.2) is 79.1 Å². The van der Waals surface area contributed by atoms with Crippen LogP contribution in [0.2, 0.25) is 0 Å². The second-order valence-electron chi connectivity index (χ2n) is 9.04. The van der Waals surface area contributed by atoms with Gasteiger partial charge in [0, 0.05) is 43.7 Å². The van der Waals surface area contributed by atoms with Crippen molar-refractivity contribution >= 4 is 17.9 Å². The van der Waals surface area contributed by atoms with Crippen LogP contribution in [0.3, 0.4) is 0 Å². The Balaban J connectivity index is 1.63. The summed E-state index contributed by atoms with van der Waals surface area (Å²) in [6, 6.07) is 12.5. The molecule has 4 rings (SSSR count). The summed E-state index contributed by atoms with van der Waals surface area (Å²) in [4.78, 5) is 33.0. The standard InChI is InChI=1S/C28H23F6N3O2/c29-27(30,31)22-14-21(15-23(16-22)28(32,33)34)26(39)37-12-11-36(18-24(37)13-19-5-2-1-3-6-19)25(38)9-8-20-7-4-10-35-17-20/h1-10,14-17,24H,11-13,18H2/t24-/m1/s1. The van der Waals surface area contributed by atoms with Crippen LogP contribution in [-0.4, -0.2) is 52.3 Å². The molecule has 1 aliphatic rings. The molecule has 1 aromatic heterocycles. The van der Waals surface area contributed by atoms with E-state index in [1.165, 1.54) is 15.9 Å². The van der Waals surface area contributed by atoms with E-state index >= 15 is 0 Å². The average molecular weight is 547 g/mol. The van der Waals surface area contributed by atoms with E-state index in [9.17, 15) is 35.9 Å². The fourth-order valence-electron chi connectivity index (χ4n) is 4.38. The summed E-state index contributed by atoms with van der Waals surface area (Å²) >= 11 is 0. The van der Waals surface area contributed by atoms with Gasteiger partial charge < -0.3 is 9.80 Å². The fraction of sp³-hybridized carbons (Fsp3) is 0.250. The quantitative estimate of drug-likeness (QED) is 0.303. The van der Waals surface area contributed by atoms with Crippen molar-refractivity contribution in [2.75, 3.05) is 19.6 Å². The maximum atomic E-state index is 13.4. The van der Waals surface area contributed by atoms with Crippen LogP contribution < -0.4 is 0 Å². The van der Waals surface area contributed by atoms with Gasteiger partial charge in [-0.15, -0.1) is 0 Å². The zero-order valence-electron chi connectivity index (χ0n) is 20.4. The average Bonchev–Trinajstić information content (AvgIpc) is 2.91. The molecular formula is C28H23F6N3O2. The highest BCUT2D eigenvalue weighted by molar-refractivity contribution is 5.96. The van der Waals surface area contributed by atoms with E-state index in [0.717, 1.165) is 5.56 Å². The van der Waals surface area contributed by atoms with Crippen molar-refractivity contribution in [2.45, 2.75) is 24.8 Å². The van der Waals surface area contributed by atoms with Gasteiger partial charge in [0.1, 0.15) is 0 Å². The summed E-state index contributed by atoms with van der Waals surface area (Å²) in [5, 5.41) is 0. The van der Waals surface area contributed by atoms with Crippen molar-refractivity contribution in [3.8, 4) is 0 Å². The first-order chi connectivity index (χ1) is 18.4. The third kappa shape index (κ3) is 7.04. The number of carbonyl (C=O) groups is 2. The van der Waals surface area contributed by atoms with Gasteiger partial charge in [0.2, 0.25) is 5.91 Å². The van der Waals surface area contributed by atoms with Gasteiger partial charge in [-0.2, -0.15) is 26.3 Å². The van der Waals surface area contributed by atoms with Gasteiger partial charge in [0.05, 0.1) is 17.2 Å². The molecule has 0 spiro atoms. The number of hydrogen-bond donors (Lipinski definition) is 0. The van der Waals surface area contributed by atoms with E-state index in [1.807, 2.05) is 0 Å². The molecule has 39 heavy (non-hydrogen) atoms. The number of halogens is 6. The Morgan fingerprint density at radius 1 is 0.897 bits per heavy atom. The molecule has 204 valence electrons. The van der Waals surface area contributed by atoms with Gasteiger partial charge >= 0.3 is 12.4 Å². The van der Waals surface area contributed by atoms with Crippen LogP contribution in [0.1, 0.15) is 32.6 Å². The molecule has 0 N–H and O–H groups in total. The number of hydrogen-bond acceptors (Lipinski definition) is 3. The molecule has 0 radical (unpaired) electrons. The van der Waals surface area contributed by atoms with E-state index in [4.69, 9.17) is 0 Å². The number of pyridine rings is 1. The summed E-state index contributed by atoms with van der Waals surface area (Å²) in [6.45, 7) is 0.0284. The lowest BCUT2D eigenvalue weighted by atomic mass is 9.99. The number of carbonyl (C=O) groups excluding carboxylic acids is 2. The number of nitrogens with zero attached hydrogens (tertiary/aromatic N) is 3. The normalized spacial score (nSPS) is 16.5. The first-order valence-electron chi connectivity index (χ1n) is 11.9. The SMILES string of the molecule is O=C(C=Cc1cccnc1)N1CCN(C(=O)c2cc(C(F)(F)F)cc(C(F)(F)F)c2)[C@H](Cc2ccccc2)C1. The summed E-state index contributed by atoms with van der Waals surface area (Å²) < 4.78 is 80.4. The van der Waals surface area contributed by atoms with Crippen molar-refractivity contribution in [3.63, 3.8) is 0 Å². The van der Waals surface area contributed by atoms with Gasteiger partial charge in [0.25, 0.3) is 5.91 Å². The maximum absolute atomic E-state index is 13.4. The minimum atomic E-state index is -5.08. The van der Waals surface area contributed by atoms with E-state index in [2.05, 4.69) is 4.98 Å². The van der Waals surface area contributed by atoms with Crippen LogP contribution in [0, 0.1) is 0 Å². The zero-order chi connectivity index (χ0) is 28.2. The molecule has 2 amide bonds. The molecule has 11 heteroatoms. The molecule has 0 unspecified atom stereocenters. The van der Waals surface area contributed by atoms with Crippen molar-refractivity contribution in [1.29, 1.82) is 0 Å². The van der Waals surface area contributed by atoms with Crippen LogP contribution in [0.25, 0.3) is 6.08 Å². The predicted molar refractivity (Wildman–Crippen MR) is 131 cm³/mol. The van der Waals surface area contributed by atoms with Gasteiger partial charge in [-0.3, -0.25) is 14.6 Å². The van der Waals surface area contributed by atoms with Crippen molar-refractivity contribution in [3.05, 3.63) is 107 Å². The monoisotopic (exact) mass is 547 g/mol. The van der Waals surface area contributed by atoms with E-state index in [1.54, 1.807) is 60.9 Å². The lowest BCUT2D eigenvalue weighted by molar-refractivity contribution is -0.143. The van der Waals surface area contributed by atoms with Crippen molar-refractivity contribution in [1.82, 2.24) is 14.8 Å². The first-order valence-corrected chi connectivity index (χ1v) is 11.9. The highest BCUT2D eigenvalue weighted by atomic mass is 19.4. The molecule has 5 nitrogen and oxygen atoms in total. The highest BCUT2D eigenvalue weighted by Crippen LogP contribution is 2.37. The maximum Gasteiger partial charge on any atom is 0.416 e. The molecule has 1 atom stereocenters. The summed E-state index contributed by atoms with van der Waals surface area (Å²) in [6.07, 6.45) is -3.81. The predicted octanol–water partition coefficient (Wildman–Crippen LogP) is 5.73. The summed E-state index contributed by atoms with van der Waals surface area (Å²) in [7, 11) is 0. The third-order valence-electron chi connectivity index (χ3n) is 6.31. The van der Waals surface area contributed by atoms with Crippen molar-refractivity contribution in [2.24, 2.45) is 0 Å². The number of amides is 2. The van der Waals surface area contributed by atoms with Gasteiger partial charge in [-0.05, 0) is 47.9 Å². The van der Waals surface area contributed by atoms with Crippen LogP contribution in [-0.2, 0) is 23.6 Å². The second kappa shape index (κ2) is 11.3. The number of rotatable bonds is 5. The molecule has 1 aliphatic heterocycles. The molecule has 0 aliphatic carbocycles. The Bertz CT molecular complexity index is 1310. The van der Waals surface area contributed by atoms with Gasteiger partial charge in [-0.1, -0.05) is 36.4 Å². The third-order valence-corrected chi connectivity index (χ3v) is 6.31. The molecule has 2 aromatic carbocycles. The number of alkyl halides is 6. The fourth-order valence-corrected chi connectivity index (χ4v) is 4.38. The Kier molecular flexibility index (Phi) is 8.08. The zero-order valence-corrected chi connectivity index (χ0v) is 20.4. The van der Waals surface area contributed by atoms with Crippen LogP contribution in [0.5, 0.6) is 0 Å². The molecule has 2 heterocycles. The lowest BCUT2D eigenvalue weighted by Crippen LogP contribution is -2.57. The Morgan fingerprint density at radius 3 is 2.15 bits per heavy atom. The Hall–Kier alpha value is -4.15. The second-order valence-corrected chi connectivity index (χ2v) is 9.04. The number of benzene rings is 2. The molecule has 3 aromatic rings. The first kappa shape index (κ1) is 27.9. The molecule has 0 saturated carbocycles. The van der Waals surface area contributed by atoms with E-state index in [0.29, 0.717) is 17.7 Å².